The summed E-state index contributed by atoms with van der Waals surface area (Å²) in [5.74, 6) is 1.18. The van der Waals surface area contributed by atoms with Crippen LogP contribution in [0.4, 0.5) is 0 Å². The van der Waals surface area contributed by atoms with Gasteiger partial charge in [-0.3, -0.25) is 14.3 Å². The van der Waals surface area contributed by atoms with Crippen LogP contribution in [0.5, 0.6) is 0 Å². The van der Waals surface area contributed by atoms with Crippen molar-refractivity contribution in [1.29, 1.82) is 0 Å². The maximum Gasteiger partial charge on any atom is 0.223 e. The lowest BCUT2D eigenvalue weighted by molar-refractivity contribution is -0.128. The summed E-state index contributed by atoms with van der Waals surface area (Å²) >= 11 is 1.31. The van der Waals surface area contributed by atoms with Gasteiger partial charge in [-0.25, -0.2) is 0 Å². The zero-order valence-corrected chi connectivity index (χ0v) is 12.4. The summed E-state index contributed by atoms with van der Waals surface area (Å²) < 4.78 is 1.82. The number of nitrogens with zero attached hydrogens (tertiary/aromatic N) is 3. The average Bonchev–Trinajstić information content (AvgIpc) is 2.82. The van der Waals surface area contributed by atoms with Crippen molar-refractivity contribution < 1.29 is 9.59 Å². The van der Waals surface area contributed by atoms with Crippen LogP contribution in [-0.2, 0) is 23.2 Å². The molecule has 1 aliphatic heterocycles. The molecule has 0 spiro atoms. The second kappa shape index (κ2) is 5.77. The van der Waals surface area contributed by atoms with E-state index in [4.69, 9.17) is 0 Å². The molecule has 104 valence electrons. The second-order valence-electron chi connectivity index (χ2n) is 5.05. The van der Waals surface area contributed by atoms with Crippen LogP contribution in [0.15, 0.2) is 6.07 Å². The highest BCUT2D eigenvalue weighted by Crippen LogP contribution is 2.23. The zero-order valence-electron chi connectivity index (χ0n) is 11.5. The van der Waals surface area contributed by atoms with Crippen LogP contribution in [0.3, 0.4) is 0 Å². The van der Waals surface area contributed by atoms with E-state index >= 15 is 0 Å². The van der Waals surface area contributed by atoms with Crippen LogP contribution in [0.2, 0.25) is 0 Å². The lowest BCUT2D eigenvalue weighted by Crippen LogP contribution is -2.25. The zero-order chi connectivity index (χ0) is 14.0. The van der Waals surface area contributed by atoms with Gasteiger partial charge in [0.05, 0.1) is 12.2 Å². The molecule has 0 radical (unpaired) electrons. The standard InChI is InChI=1S/C13H19N3O2S/c1-9-4-12(14-15(9)3)7-16-6-11(5-13(16)18)8-19-10(2)17/h4,11H,5-8H2,1-3H3. The number of aryl methyl sites for hydroxylation is 2. The van der Waals surface area contributed by atoms with E-state index in [2.05, 4.69) is 5.10 Å². The minimum atomic E-state index is 0.117. The normalized spacial score (nSPS) is 19.2. The quantitative estimate of drug-likeness (QED) is 0.836. The molecule has 2 heterocycles. The number of rotatable bonds is 4. The molecule has 1 saturated heterocycles. The van der Waals surface area contributed by atoms with Gasteiger partial charge in [0.25, 0.3) is 0 Å². The van der Waals surface area contributed by atoms with Gasteiger partial charge < -0.3 is 4.90 Å². The van der Waals surface area contributed by atoms with Crippen LogP contribution in [0.1, 0.15) is 24.7 Å². The number of hydrogen-bond donors (Lipinski definition) is 0. The van der Waals surface area contributed by atoms with Gasteiger partial charge in [0.2, 0.25) is 5.91 Å². The van der Waals surface area contributed by atoms with Crippen molar-refractivity contribution in [2.45, 2.75) is 26.8 Å². The molecule has 19 heavy (non-hydrogen) atoms. The molecule has 1 amide bonds. The van der Waals surface area contributed by atoms with E-state index in [1.165, 1.54) is 11.8 Å². The van der Waals surface area contributed by atoms with Crippen molar-refractivity contribution in [3.63, 3.8) is 0 Å². The first-order valence-corrected chi connectivity index (χ1v) is 7.35. The Hall–Kier alpha value is -1.30. The largest absolute Gasteiger partial charge is 0.336 e. The van der Waals surface area contributed by atoms with E-state index in [1.807, 2.05) is 29.6 Å². The number of amides is 1. The Labute approximate surface area is 117 Å². The Morgan fingerprint density at radius 3 is 2.89 bits per heavy atom. The number of hydrogen-bond acceptors (Lipinski definition) is 4. The fourth-order valence-corrected chi connectivity index (χ4v) is 2.96. The van der Waals surface area contributed by atoms with Crippen LogP contribution >= 0.6 is 11.8 Å². The Morgan fingerprint density at radius 2 is 2.32 bits per heavy atom. The van der Waals surface area contributed by atoms with Gasteiger partial charge in [0.1, 0.15) is 0 Å². The van der Waals surface area contributed by atoms with Gasteiger partial charge in [-0.05, 0) is 18.9 Å². The van der Waals surface area contributed by atoms with Crippen molar-refractivity contribution in [2.75, 3.05) is 12.3 Å². The monoisotopic (exact) mass is 281 g/mol. The van der Waals surface area contributed by atoms with Gasteiger partial charge in [-0.15, -0.1) is 0 Å². The molecule has 0 aromatic carbocycles. The number of thioether (sulfide) groups is 1. The van der Waals surface area contributed by atoms with Crippen molar-refractivity contribution in [2.24, 2.45) is 13.0 Å². The lowest BCUT2D eigenvalue weighted by Gasteiger charge is -2.14. The summed E-state index contributed by atoms with van der Waals surface area (Å²) in [6.07, 6.45) is 0.548. The van der Waals surface area contributed by atoms with Crippen molar-refractivity contribution in [3.05, 3.63) is 17.5 Å². The molecule has 0 saturated carbocycles. The van der Waals surface area contributed by atoms with E-state index in [9.17, 15) is 9.59 Å². The first-order chi connectivity index (χ1) is 8.95. The van der Waals surface area contributed by atoms with E-state index in [0.29, 0.717) is 13.0 Å². The van der Waals surface area contributed by atoms with Gasteiger partial charge in [-0.1, -0.05) is 11.8 Å². The molecular formula is C13H19N3O2S. The molecule has 1 aliphatic rings. The number of carbonyl (C=O) groups is 2. The third-order valence-corrected chi connectivity index (χ3v) is 4.38. The summed E-state index contributed by atoms with van der Waals surface area (Å²) in [5, 5.41) is 4.49. The molecule has 1 unspecified atom stereocenters. The molecule has 0 aliphatic carbocycles. The molecule has 0 N–H and O–H groups in total. The first-order valence-electron chi connectivity index (χ1n) is 6.36. The molecule has 1 aromatic rings. The fraction of sp³-hybridized carbons (Fsp3) is 0.615. The smallest absolute Gasteiger partial charge is 0.223 e. The summed E-state index contributed by atoms with van der Waals surface area (Å²) in [4.78, 5) is 24.7. The predicted molar refractivity (Wildman–Crippen MR) is 74.6 cm³/mol. The van der Waals surface area contributed by atoms with Gasteiger partial charge in [0, 0.05) is 38.4 Å². The van der Waals surface area contributed by atoms with E-state index in [1.54, 1.807) is 6.92 Å². The highest BCUT2D eigenvalue weighted by molar-refractivity contribution is 8.13. The first kappa shape index (κ1) is 14.1. The molecule has 1 atom stereocenters. The van der Waals surface area contributed by atoms with E-state index < -0.39 is 0 Å². The lowest BCUT2D eigenvalue weighted by atomic mass is 10.1. The maximum absolute atomic E-state index is 11.9. The van der Waals surface area contributed by atoms with Gasteiger partial charge >= 0.3 is 0 Å². The molecular weight excluding hydrogens is 262 g/mol. The third-order valence-electron chi connectivity index (χ3n) is 3.33. The van der Waals surface area contributed by atoms with E-state index in [0.717, 1.165) is 23.7 Å². The summed E-state index contributed by atoms with van der Waals surface area (Å²) in [7, 11) is 1.90. The van der Waals surface area contributed by atoms with Crippen LogP contribution in [-0.4, -0.2) is 38.0 Å². The molecule has 1 aromatic heterocycles. The Balaban J connectivity index is 1.91. The summed E-state index contributed by atoms with van der Waals surface area (Å²) in [6, 6.07) is 2.00. The van der Waals surface area contributed by atoms with Crippen molar-refractivity contribution in [1.82, 2.24) is 14.7 Å². The fourth-order valence-electron chi connectivity index (χ4n) is 2.26. The number of aromatic nitrogens is 2. The average molecular weight is 281 g/mol. The summed E-state index contributed by atoms with van der Waals surface area (Å²) in [6.45, 7) is 4.86. The number of likely N-dealkylation sites (tertiary alicyclic amines) is 1. The second-order valence-corrected chi connectivity index (χ2v) is 6.24. The van der Waals surface area contributed by atoms with Gasteiger partial charge in [-0.2, -0.15) is 5.10 Å². The molecule has 2 rings (SSSR count). The minimum absolute atomic E-state index is 0.117. The Kier molecular flexibility index (Phi) is 4.29. The van der Waals surface area contributed by atoms with Crippen molar-refractivity contribution >= 4 is 22.8 Å². The Morgan fingerprint density at radius 1 is 1.58 bits per heavy atom. The van der Waals surface area contributed by atoms with Crippen molar-refractivity contribution in [3.8, 4) is 0 Å². The highest BCUT2D eigenvalue weighted by atomic mass is 32.2. The Bertz CT molecular complexity index is 479. The highest BCUT2D eigenvalue weighted by Gasteiger charge is 2.30. The van der Waals surface area contributed by atoms with Crippen LogP contribution in [0.25, 0.3) is 0 Å². The molecule has 5 nitrogen and oxygen atoms in total. The van der Waals surface area contributed by atoms with Crippen LogP contribution in [0, 0.1) is 12.8 Å². The SMILES string of the molecule is CC(=O)SCC1CC(=O)N(Cc2cc(C)n(C)n2)C1. The topological polar surface area (TPSA) is 55.2 Å². The van der Waals surface area contributed by atoms with E-state index in [-0.39, 0.29) is 16.9 Å². The summed E-state index contributed by atoms with van der Waals surface area (Å²) in [5.41, 5.74) is 2.01. The van der Waals surface area contributed by atoms with Gasteiger partial charge in [0.15, 0.2) is 5.12 Å². The minimum Gasteiger partial charge on any atom is -0.336 e. The van der Waals surface area contributed by atoms with Crippen LogP contribution < -0.4 is 0 Å². The molecule has 6 heteroatoms. The third kappa shape index (κ3) is 3.59. The predicted octanol–water partition coefficient (Wildman–Crippen LogP) is 1.36. The molecule has 1 fully saturated rings. The number of carbonyl (C=O) groups excluding carboxylic acids is 2. The maximum atomic E-state index is 11.9. The molecule has 0 bridgehead atoms.